The molecular formula is C13H17N5OS. The molecule has 7 heteroatoms. The molecule has 2 aromatic rings. The summed E-state index contributed by atoms with van der Waals surface area (Å²) in [4.78, 5) is 20.3. The van der Waals surface area contributed by atoms with Crippen LogP contribution in [0.25, 0.3) is 0 Å². The van der Waals surface area contributed by atoms with Gasteiger partial charge >= 0.3 is 0 Å². The molecule has 0 unspecified atom stereocenters. The molecule has 0 bridgehead atoms. The van der Waals surface area contributed by atoms with Gasteiger partial charge in [-0.3, -0.25) is 9.89 Å². The van der Waals surface area contributed by atoms with Crippen LogP contribution in [0.15, 0.2) is 29.7 Å². The molecule has 0 atom stereocenters. The summed E-state index contributed by atoms with van der Waals surface area (Å²) < 4.78 is 0.0575. The van der Waals surface area contributed by atoms with Gasteiger partial charge in [-0.25, -0.2) is 9.97 Å². The lowest BCUT2D eigenvalue weighted by molar-refractivity contribution is 0.0949. The number of thioether (sulfide) groups is 1. The van der Waals surface area contributed by atoms with Crippen molar-refractivity contribution in [1.29, 1.82) is 0 Å². The Bertz CT molecular complexity index is 577. The van der Waals surface area contributed by atoms with Crippen molar-refractivity contribution in [2.45, 2.75) is 37.1 Å². The molecule has 20 heavy (non-hydrogen) atoms. The molecule has 0 radical (unpaired) electrons. The SMILES string of the molecule is CC(C)(C)Sc1cc(C(=O)NCc2ncn[nH]2)ccn1. The number of hydrogen-bond donors (Lipinski definition) is 2. The normalized spacial score (nSPS) is 11.3. The highest BCUT2D eigenvalue weighted by molar-refractivity contribution is 8.00. The lowest BCUT2D eigenvalue weighted by atomic mass is 10.2. The lowest BCUT2D eigenvalue weighted by Gasteiger charge is -2.16. The number of aromatic nitrogens is 4. The van der Waals surface area contributed by atoms with Gasteiger partial charge in [-0.1, -0.05) is 20.8 Å². The van der Waals surface area contributed by atoms with Crippen molar-refractivity contribution >= 4 is 17.7 Å². The first-order valence-electron chi connectivity index (χ1n) is 6.21. The molecule has 2 heterocycles. The molecule has 1 amide bonds. The average molecular weight is 291 g/mol. The van der Waals surface area contributed by atoms with Gasteiger partial charge in [0.2, 0.25) is 0 Å². The van der Waals surface area contributed by atoms with Crippen LogP contribution < -0.4 is 5.32 Å². The molecule has 106 valence electrons. The molecule has 0 aliphatic rings. The predicted molar refractivity (Wildman–Crippen MR) is 77.4 cm³/mol. The van der Waals surface area contributed by atoms with E-state index in [1.165, 1.54) is 6.33 Å². The Morgan fingerprint density at radius 2 is 2.20 bits per heavy atom. The molecule has 2 N–H and O–H groups in total. The zero-order valence-corrected chi connectivity index (χ0v) is 12.5. The van der Waals surface area contributed by atoms with E-state index in [4.69, 9.17) is 0 Å². The van der Waals surface area contributed by atoms with E-state index >= 15 is 0 Å². The quantitative estimate of drug-likeness (QED) is 0.842. The second kappa shape index (κ2) is 6.04. The number of nitrogens with one attached hydrogen (secondary N) is 2. The number of rotatable bonds is 4. The van der Waals surface area contributed by atoms with Gasteiger partial charge in [0.25, 0.3) is 5.91 Å². The summed E-state index contributed by atoms with van der Waals surface area (Å²) in [6.07, 6.45) is 3.06. The third-order valence-corrected chi connectivity index (χ3v) is 3.33. The van der Waals surface area contributed by atoms with Crippen LogP contribution in [0, 0.1) is 0 Å². The lowest BCUT2D eigenvalue weighted by Crippen LogP contribution is -2.23. The van der Waals surface area contributed by atoms with Gasteiger partial charge in [0.1, 0.15) is 12.2 Å². The Morgan fingerprint density at radius 1 is 1.40 bits per heavy atom. The van der Waals surface area contributed by atoms with E-state index in [1.807, 2.05) is 0 Å². The van der Waals surface area contributed by atoms with E-state index in [1.54, 1.807) is 30.1 Å². The van der Waals surface area contributed by atoms with Crippen molar-refractivity contribution < 1.29 is 4.79 Å². The van der Waals surface area contributed by atoms with E-state index in [9.17, 15) is 4.79 Å². The third-order valence-electron chi connectivity index (χ3n) is 2.29. The van der Waals surface area contributed by atoms with Crippen LogP contribution in [0.1, 0.15) is 37.0 Å². The molecule has 2 rings (SSSR count). The number of aromatic amines is 1. The Kier molecular flexibility index (Phi) is 4.39. The standard InChI is InChI=1S/C13H17N5OS/c1-13(2,3)20-11-6-9(4-5-14-11)12(19)15-7-10-16-8-17-18-10/h4-6,8H,7H2,1-3H3,(H,15,19)(H,16,17,18). The molecule has 6 nitrogen and oxygen atoms in total. The van der Waals surface area contributed by atoms with E-state index in [2.05, 4.69) is 46.3 Å². The molecule has 0 fully saturated rings. The van der Waals surface area contributed by atoms with Crippen molar-refractivity contribution in [2.24, 2.45) is 0 Å². The molecule has 0 saturated heterocycles. The highest BCUT2D eigenvalue weighted by atomic mass is 32.2. The maximum Gasteiger partial charge on any atom is 0.251 e. The van der Waals surface area contributed by atoms with Crippen molar-refractivity contribution in [3.8, 4) is 0 Å². The molecular weight excluding hydrogens is 274 g/mol. The van der Waals surface area contributed by atoms with E-state index in [-0.39, 0.29) is 10.7 Å². The van der Waals surface area contributed by atoms with Crippen LogP contribution in [-0.4, -0.2) is 30.8 Å². The first-order chi connectivity index (χ1) is 9.44. The molecule has 0 aliphatic carbocycles. The Labute approximate surface area is 121 Å². The van der Waals surface area contributed by atoms with Crippen molar-refractivity contribution in [3.05, 3.63) is 36.0 Å². The molecule has 0 aromatic carbocycles. The minimum absolute atomic E-state index is 0.0575. The summed E-state index contributed by atoms with van der Waals surface area (Å²) in [7, 11) is 0. The summed E-state index contributed by atoms with van der Waals surface area (Å²) in [6.45, 7) is 6.64. The highest BCUT2D eigenvalue weighted by Gasteiger charge is 2.14. The Balaban J connectivity index is 2.01. The van der Waals surface area contributed by atoms with E-state index < -0.39 is 0 Å². The van der Waals surface area contributed by atoms with Crippen molar-refractivity contribution in [2.75, 3.05) is 0 Å². The van der Waals surface area contributed by atoms with Crippen molar-refractivity contribution in [1.82, 2.24) is 25.5 Å². The summed E-state index contributed by atoms with van der Waals surface area (Å²) in [5, 5.41) is 10.0. The number of pyridine rings is 1. The maximum atomic E-state index is 12.0. The summed E-state index contributed by atoms with van der Waals surface area (Å²) in [5.74, 6) is 0.469. The fourth-order valence-electron chi connectivity index (χ4n) is 1.50. The van der Waals surface area contributed by atoms with Gasteiger partial charge in [0.05, 0.1) is 11.6 Å². The predicted octanol–water partition coefficient (Wildman–Crippen LogP) is 2.02. The number of carbonyl (C=O) groups excluding carboxylic acids is 1. The minimum Gasteiger partial charge on any atom is -0.345 e. The molecule has 0 spiro atoms. The monoisotopic (exact) mass is 291 g/mol. The van der Waals surface area contributed by atoms with Crippen LogP contribution in [0.4, 0.5) is 0 Å². The first-order valence-corrected chi connectivity index (χ1v) is 7.03. The maximum absolute atomic E-state index is 12.0. The number of carbonyl (C=O) groups is 1. The van der Waals surface area contributed by atoms with Crippen LogP contribution in [0.2, 0.25) is 0 Å². The summed E-state index contributed by atoms with van der Waals surface area (Å²) in [5.41, 5.74) is 0.589. The van der Waals surface area contributed by atoms with Gasteiger partial charge in [0.15, 0.2) is 0 Å². The van der Waals surface area contributed by atoms with Crippen LogP contribution >= 0.6 is 11.8 Å². The van der Waals surface area contributed by atoms with Gasteiger partial charge in [-0.15, -0.1) is 11.8 Å². The zero-order valence-electron chi connectivity index (χ0n) is 11.7. The van der Waals surface area contributed by atoms with Crippen molar-refractivity contribution in [3.63, 3.8) is 0 Å². The van der Waals surface area contributed by atoms with E-state index in [0.717, 1.165) is 5.03 Å². The number of H-pyrrole nitrogens is 1. The van der Waals surface area contributed by atoms with Crippen LogP contribution in [0.5, 0.6) is 0 Å². The van der Waals surface area contributed by atoms with Gasteiger partial charge < -0.3 is 5.32 Å². The Hall–Kier alpha value is -1.89. The smallest absolute Gasteiger partial charge is 0.251 e. The summed E-state index contributed by atoms with van der Waals surface area (Å²) in [6, 6.07) is 3.49. The first kappa shape index (κ1) is 14.5. The molecule has 0 aliphatic heterocycles. The Morgan fingerprint density at radius 3 is 2.85 bits per heavy atom. The summed E-state index contributed by atoms with van der Waals surface area (Å²) >= 11 is 1.63. The van der Waals surface area contributed by atoms with Crippen LogP contribution in [0.3, 0.4) is 0 Å². The zero-order chi connectivity index (χ0) is 14.6. The minimum atomic E-state index is -0.153. The van der Waals surface area contributed by atoms with Gasteiger partial charge in [0, 0.05) is 16.5 Å². The fraction of sp³-hybridized carbons (Fsp3) is 0.385. The van der Waals surface area contributed by atoms with E-state index in [0.29, 0.717) is 17.9 Å². The number of nitrogens with zero attached hydrogens (tertiary/aromatic N) is 3. The fourth-order valence-corrected chi connectivity index (χ4v) is 2.43. The average Bonchev–Trinajstić information content (AvgIpc) is 2.87. The van der Waals surface area contributed by atoms with Gasteiger partial charge in [-0.05, 0) is 12.1 Å². The number of hydrogen-bond acceptors (Lipinski definition) is 5. The topological polar surface area (TPSA) is 83.6 Å². The third kappa shape index (κ3) is 4.34. The molecule has 2 aromatic heterocycles. The molecule has 0 saturated carbocycles. The second-order valence-electron chi connectivity index (χ2n) is 5.21. The number of amides is 1. The van der Waals surface area contributed by atoms with Crippen LogP contribution in [-0.2, 0) is 6.54 Å². The largest absolute Gasteiger partial charge is 0.345 e. The van der Waals surface area contributed by atoms with Gasteiger partial charge in [-0.2, -0.15) is 5.10 Å². The highest BCUT2D eigenvalue weighted by Crippen LogP contribution is 2.30. The second-order valence-corrected chi connectivity index (χ2v) is 7.06.